The van der Waals surface area contributed by atoms with E-state index in [1.54, 1.807) is 20.3 Å². The largest absolute Gasteiger partial charge is 0.497 e. The number of methoxy groups -OCH3 is 2. The second-order valence-electron chi connectivity index (χ2n) is 4.82. The molecule has 0 unspecified atom stereocenters. The van der Waals surface area contributed by atoms with Gasteiger partial charge in [0.05, 0.1) is 19.8 Å². The molecule has 0 atom stereocenters. The van der Waals surface area contributed by atoms with Gasteiger partial charge in [0.15, 0.2) is 6.61 Å². The van der Waals surface area contributed by atoms with Crippen LogP contribution in [-0.4, -0.2) is 24.4 Å². The fraction of sp³-hybridized carbons (Fsp3) is 0.176. The third-order valence-electron chi connectivity index (χ3n) is 3.28. The van der Waals surface area contributed by atoms with Crippen molar-refractivity contribution in [3.63, 3.8) is 0 Å². The monoisotopic (exact) mass is 390 g/mol. The highest BCUT2D eigenvalue weighted by Crippen LogP contribution is 2.31. The van der Waals surface area contributed by atoms with E-state index in [0.717, 1.165) is 10.0 Å². The topological polar surface area (TPSA) is 66.6 Å². The SMILES string of the molecule is COc1ccc(-c2noc(COc3cccc(Br)c3)n2)c(OC)c1. The van der Waals surface area contributed by atoms with E-state index < -0.39 is 0 Å². The van der Waals surface area contributed by atoms with Gasteiger partial charge >= 0.3 is 0 Å². The Morgan fingerprint density at radius 1 is 1.04 bits per heavy atom. The van der Waals surface area contributed by atoms with Crippen LogP contribution < -0.4 is 14.2 Å². The molecule has 0 saturated carbocycles. The summed E-state index contributed by atoms with van der Waals surface area (Å²) in [6.45, 7) is 0.182. The molecule has 3 rings (SSSR count). The van der Waals surface area contributed by atoms with Gasteiger partial charge in [0, 0.05) is 10.5 Å². The van der Waals surface area contributed by atoms with Crippen LogP contribution >= 0.6 is 15.9 Å². The summed E-state index contributed by atoms with van der Waals surface area (Å²) in [4.78, 5) is 4.35. The molecule has 0 spiro atoms. The van der Waals surface area contributed by atoms with Crippen molar-refractivity contribution in [1.29, 1.82) is 0 Å². The second-order valence-corrected chi connectivity index (χ2v) is 5.74. The van der Waals surface area contributed by atoms with Crippen molar-refractivity contribution in [1.82, 2.24) is 10.1 Å². The molecule has 0 aliphatic heterocycles. The van der Waals surface area contributed by atoms with Crippen LogP contribution in [0.4, 0.5) is 0 Å². The van der Waals surface area contributed by atoms with Gasteiger partial charge in [-0.2, -0.15) is 4.98 Å². The van der Waals surface area contributed by atoms with Crippen molar-refractivity contribution in [2.24, 2.45) is 0 Å². The minimum atomic E-state index is 0.182. The summed E-state index contributed by atoms with van der Waals surface area (Å²) < 4.78 is 22.4. The van der Waals surface area contributed by atoms with Crippen molar-refractivity contribution in [3.05, 3.63) is 52.8 Å². The number of benzene rings is 2. The molecule has 1 aromatic heterocycles. The van der Waals surface area contributed by atoms with Crippen molar-refractivity contribution < 1.29 is 18.7 Å². The lowest BCUT2D eigenvalue weighted by Gasteiger charge is -2.07. The molecule has 0 N–H and O–H groups in total. The Balaban J connectivity index is 1.76. The van der Waals surface area contributed by atoms with E-state index >= 15 is 0 Å². The van der Waals surface area contributed by atoms with Gasteiger partial charge in [-0.05, 0) is 30.3 Å². The number of hydrogen-bond acceptors (Lipinski definition) is 6. The molecular weight excluding hydrogens is 376 g/mol. The number of halogens is 1. The predicted octanol–water partition coefficient (Wildman–Crippen LogP) is 4.10. The third kappa shape index (κ3) is 3.68. The van der Waals surface area contributed by atoms with Gasteiger partial charge in [-0.1, -0.05) is 27.2 Å². The Morgan fingerprint density at radius 3 is 2.67 bits per heavy atom. The average molecular weight is 391 g/mol. The van der Waals surface area contributed by atoms with Crippen LogP contribution in [0.15, 0.2) is 51.5 Å². The normalized spacial score (nSPS) is 10.5. The van der Waals surface area contributed by atoms with E-state index in [9.17, 15) is 0 Å². The summed E-state index contributed by atoms with van der Waals surface area (Å²) in [6, 6.07) is 12.9. The highest BCUT2D eigenvalue weighted by molar-refractivity contribution is 9.10. The van der Waals surface area contributed by atoms with E-state index in [1.165, 1.54) is 0 Å². The lowest BCUT2D eigenvalue weighted by atomic mass is 10.2. The van der Waals surface area contributed by atoms with Crippen molar-refractivity contribution in [3.8, 4) is 28.6 Å². The fourth-order valence-electron chi connectivity index (χ4n) is 2.11. The van der Waals surface area contributed by atoms with E-state index in [2.05, 4.69) is 26.1 Å². The first kappa shape index (κ1) is 16.3. The maximum Gasteiger partial charge on any atom is 0.264 e. The van der Waals surface area contributed by atoms with Gasteiger partial charge < -0.3 is 18.7 Å². The molecule has 0 fully saturated rings. The Morgan fingerprint density at radius 2 is 1.92 bits per heavy atom. The summed E-state index contributed by atoms with van der Waals surface area (Å²) in [7, 11) is 3.18. The number of hydrogen-bond donors (Lipinski definition) is 0. The van der Waals surface area contributed by atoms with E-state index in [4.69, 9.17) is 18.7 Å². The standard InChI is InChI=1S/C17H15BrN2O4/c1-21-12-6-7-14(15(9-12)22-2)17-19-16(24-20-17)10-23-13-5-3-4-11(18)8-13/h3-9H,10H2,1-2H3. The lowest BCUT2D eigenvalue weighted by Crippen LogP contribution is -1.96. The molecule has 124 valence electrons. The summed E-state index contributed by atoms with van der Waals surface area (Å²) in [5, 5.41) is 3.98. The molecule has 3 aromatic rings. The Bertz CT molecular complexity index is 835. The van der Waals surface area contributed by atoms with Crippen LogP contribution in [0.3, 0.4) is 0 Å². The Labute approximate surface area is 147 Å². The zero-order chi connectivity index (χ0) is 16.9. The minimum absolute atomic E-state index is 0.182. The van der Waals surface area contributed by atoms with Gasteiger partial charge in [-0.25, -0.2) is 0 Å². The Kier molecular flexibility index (Phi) is 5.00. The Hall–Kier alpha value is -2.54. The zero-order valence-electron chi connectivity index (χ0n) is 13.2. The number of nitrogens with zero attached hydrogens (tertiary/aromatic N) is 2. The van der Waals surface area contributed by atoms with Gasteiger partial charge in [-0.15, -0.1) is 0 Å². The molecule has 2 aromatic carbocycles. The summed E-state index contributed by atoms with van der Waals surface area (Å²) in [5.74, 6) is 2.82. The third-order valence-corrected chi connectivity index (χ3v) is 3.77. The molecule has 0 bridgehead atoms. The van der Waals surface area contributed by atoms with Gasteiger partial charge in [0.25, 0.3) is 5.89 Å². The molecule has 0 amide bonds. The number of aromatic nitrogens is 2. The quantitative estimate of drug-likeness (QED) is 0.631. The van der Waals surface area contributed by atoms with E-state index in [1.807, 2.05) is 36.4 Å². The maximum absolute atomic E-state index is 5.64. The fourth-order valence-corrected chi connectivity index (χ4v) is 2.49. The molecule has 6 nitrogen and oxygen atoms in total. The highest BCUT2D eigenvalue weighted by atomic mass is 79.9. The van der Waals surface area contributed by atoms with Crippen molar-refractivity contribution in [2.75, 3.05) is 14.2 Å². The van der Waals surface area contributed by atoms with E-state index in [0.29, 0.717) is 29.0 Å². The van der Waals surface area contributed by atoms with Crippen LogP contribution in [0.25, 0.3) is 11.4 Å². The first-order valence-electron chi connectivity index (χ1n) is 7.13. The summed E-state index contributed by atoms with van der Waals surface area (Å²) in [6.07, 6.45) is 0. The number of rotatable bonds is 6. The van der Waals surface area contributed by atoms with Crippen LogP contribution in [0.2, 0.25) is 0 Å². The van der Waals surface area contributed by atoms with Crippen LogP contribution in [0.1, 0.15) is 5.89 Å². The summed E-state index contributed by atoms with van der Waals surface area (Å²) in [5.41, 5.74) is 0.718. The van der Waals surface area contributed by atoms with Crippen LogP contribution in [0.5, 0.6) is 17.2 Å². The molecule has 0 aliphatic rings. The van der Waals surface area contributed by atoms with Gasteiger partial charge in [0.1, 0.15) is 17.2 Å². The van der Waals surface area contributed by atoms with Crippen molar-refractivity contribution in [2.45, 2.75) is 6.61 Å². The van der Waals surface area contributed by atoms with Crippen LogP contribution in [-0.2, 0) is 6.61 Å². The smallest absolute Gasteiger partial charge is 0.264 e. The molecule has 7 heteroatoms. The van der Waals surface area contributed by atoms with Gasteiger partial charge in [0.2, 0.25) is 5.82 Å². The minimum Gasteiger partial charge on any atom is -0.497 e. The second kappa shape index (κ2) is 7.35. The zero-order valence-corrected chi connectivity index (χ0v) is 14.7. The van der Waals surface area contributed by atoms with Crippen LogP contribution in [0, 0.1) is 0 Å². The first-order valence-corrected chi connectivity index (χ1v) is 7.92. The van der Waals surface area contributed by atoms with E-state index in [-0.39, 0.29) is 6.61 Å². The lowest BCUT2D eigenvalue weighted by molar-refractivity contribution is 0.243. The molecule has 0 saturated heterocycles. The molecule has 1 heterocycles. The maximum atomic E-state index is 5.64. The highest BCUT2D eigenvalue weighted by Gasteiger charge is 2.14. The molecular formula is C17H15BrN2O4. The molecule has 0 aliphatic carbocycles. The molecule has 24 heavy (non-hydrogen) atoms. The average Bonchev–Trinajstić information content (AvgIpc) is 3.08. The first-order chi connectivity index (χ1) is 11.7. The van der Waals surface area contributed by atoms with Gasteiger partial charge in [-0.3, -0.25) is 0 Å². The molecule has 0 radical (unpaired) electrons. The van der Waals surface area contributed by atoms with Crippen molar-refractivity contribution >= 4 is 15.9 Å². The number of ether oxygens (including phenoxy) is 3. The summed E-state index contributed by atoms with van der Waals surface area (Å²) >= 11 is 3.40. The predicted molar refractivity (Wildman–Crippen MR) is 91.3 cm³/mol.